The zero-order valence-electron chi connectivity index (χ0n) is 10.4. The summed E-state index contributed by atoms with van der Waals surface area (Å²) in [6.07, 6.45) is 4.80. The number of hydrogen-bond acceptors (Lipinski definition) is 2. The Morgan fingerprint density at radius 3 is 2.40 bits per heavy atom. The summed E-state index contributed by atoms with van der Waals surface area (Å²) >= 11 is 3.66. The standard InChI is InChI=1S/C12H27BrN2/c1-4-6-8-15-9-11(10(3)13)12(14)7-5-2/h10-12,15H,4-9,14H2,1-3H3. The number of rotatable bonds is 9. The quantitative estimate of drug-likeness (QED) is 0.503. The van der Waals surface area contributed by atoms with Crippen LogP contribution in [0.15, 0.2) is 0 Å². The topological polar surface area (TPSA) is 38.0 Å². The average molecular weight is 279 g/mol. The second-order valence-electron chi connectivity index (χ2n) is 4.35. The molecule has 0 fully saturated rings. The normalized spacial score (nSPS) is 17.4. The summed E-state index contributed by atoms with van der Waals surface area (Å²) in [5.41, 5.74) is 6.17. The van der Waals surface area contributed by atoms with Gasteiger partial charge in [-0.3, -0.25) is 0 Å². The van der Waals surface area contributed by atoms with Crippen LogP contribution in [0.1, 0.15) is 46.5 Å². The molecule has 0 aromatic carbocycles. The monoisotopic (exact) mass is 278 g/mol. The maximum Gasteiger partial charge on any atom is 0.0172 e. The number of hydrogen-bond donors (Lipinski definition) is 2. The minimum atomic E-state index is 0.318. The number of alkyl halides is 1. The van der Waals surface area contributed by atoms with Crippen LogP contribution in [0.3, 0.4) is 0 Å². The Morgan fingerprint density at radius 1 is 1.27 bits per heavy atom. The molecule has 0 aromatic rings. The van der Waals surface area contributed by atoms with E-state index in [1.54, 1.807) is 0 Å². The van der Waals surface area contributed by atoms with Gasteiger partial charge in [0.2, 0.25) is 0 Å². The first-order chi connectivity index (χ1) is 7.13. The first-order valence-electron chi connectivity index (χ1n) is 6.23. The van der Waals surface area contributed by atoms with Crippen molar-refractivity contribution in [3.63, 3.8) is 0 Å². The first-order valence-corrected chi connectivity index (χ1v) is 7.15. The van der Waals surface area contributed by atoms with Crippen molar-refractivity contribution in [2.24, 2.45) is 11.7 Å². The third-order valence-corrected chi connectivity index (χ3v) is 3.53. The molecule has 0 aliphatic heterocycles. The van der Waals surface area contributed by atoms with Gasteiger partial charge < -0.3 is 11.1 Å². The van der Waals surface area contributed by atoms with Crippen LogP contribution in [-0.2, 0) is 0 Å². The van der Waals surface area contributed by atoms with Crippen molar-refractivity contribution in [3.05, 3.63) is 0 Å². The lowest BCUT2D eigenvalue weighted by Gasteiger charge is -2.26. The van der Waals surface area contributed by atoms with Crippen molar-refractivity contribution in [2.75, 3.05) is 13.1 Å². The average Bonchev–Trinajstić information content (AvgIpc) is 2.17. The maximum atomic E-state index is 6.17. The lowest BCUT2D eigenvalue weighted by atomic mass is 9.94. The third kappa shape index (κ3) is 7.31. The van der Waals surface area contributed by atoms with Gasteiger partial charge in [-0.05, 0) is 25.3 Å². The van der Waals surface area contributed by atoms with Gasteiger partial charge in [0.1, 0.15) is 0 Å². The molecule has 15 heavy (non-hydrogen) atoms. The summed E-state index contributed by atoms with van der Waals surface area (Å²) in [6.45, 7) is 8.76. The van der Waals surface area contributed by atoms with Crippen LogP contribution in [0.5, 0.6) is 0 Å². The van der Waals surface area contributed by atoms with E-state index in [0.717, 1.165) is 19.5 Å². The maximum absolute atomic E-state index is 6.17. The van der Waals surface area contributed by atoms with Crippen molar-refractivity contribution < 1.29 is 0 Å². The minimum absolute atomic E-state index is 0.318. The van der Waals surface area contributed by atoms with E-state index in [2.05, 4.69) is 42.0 Å². The van der Waals surface area contributed by atoms with Gasteiger partial charge in [-0.15, -0.1) is 0 Å². The highest BCUT2D eigenvalue weighted by molar-refractivity contribution is 9.09. The lowest BCUT2D eigenvalue weighted by molar-refractivity contribution is 0.375. The molecule has 0 aliphatic carbocycles. The zero-order chi connectivity index (χ0) is 11.7. The Morgan fingerprint density at radius 2 is 1.93 bits per heavy atom. The molecule has 0 rings (SSSR count). The van der Waals surface area contributed by atoms with E-state index in [0.29, 0.717) is 16.8 Å². The molecular weight excluding hydrogens is 252 g/mol. The molecule has 92 valence electrons. The zero-order valence-corrected chi connectivity index (χ0v) is 12.0. The van der Waals surface area contributed by atoms with Crippen LogP contribution < -0.4 is 11.1 Å². The molecule has 0 aliphatic rings. The lowest BCUT2D eigenvalue weighted by Crippen LogP contribution is -2.41. The predicted molar refractivity (Wildman–Crippen MR) is 72.5 cm³/mol. The van der Waals surface area contributed by atoms with Gasteiger partial charge >= 0.3 is 0 Å². The van der Waals surface area contributed by atoms with Crippen LogP contribution in [0.4, 0.5) is 0 Å². The Bertz CT molecular complexity index is 140. The summed E-state index contributed by atoms with van der Waals surface area (Å²) in [7, 11) is 0. The van der Waals surface area contributed by atoms with Crippen LogP contribution >= 0.6 is 15.9 Å². The van der Waals surface area contributed by atoms with Crippen LogP contribution in [0.25, 0.3) is 0 Å². The second kappa shape index (κ2) is 9.61. The van der Waals surface area contributed by atoms with E-state index in [1.165, 1.54) is 19.3 Å². The fourth-order valence-electron chi connectivity index (χ4n) is 1.77. The fraction of sp³-hybridized carbons (Fsp3) is 1.00. The van der Waals surface area contributed by atoms with Gasteiger partial charge in [0, 0.05) is 17.4 Å². The van der Waals surface area contributed by atoms with Gasteiger partial charge in [-0.25, -0.2) is 0 Å². The molecule has 3 N–H and O–H groups in total. The van der Waals surface area contributed by atoms with E-state index < -0.39 is 0 Å². The Hall–Kier alpha value is 0.400. The SMILES string of the molecule is CCCCNCC(C(C)Br)C(N)CCC. The highest BCUT2D eigenvalue weighted by Gasteiger charge is 2.21. The van der Waals surface area contributed by atoms with Crippen LogP contribution in [-0.4, -0.2) is 24.0 Å². The van der Waals surface area contributed by atoms with E-state index in [1.807, 2.05) is 0 Å². The number of halogens is 1. The minimum Gasteiger partial charge on any atom is -0.327 e. The Kier molecular flexibility index (Phi) is 9.87. The molecule has 0 radical (unpaired) electrons. The second-order valence-corrected chi connectivity index (χ2v) is 5.80. The van der Waals surface area contributed by atoms with Crippen LogP contribution in [0, 0.1) is 5.92 Å². The van der Waals surface area contributed by atoms with E-state index in [-0.39, 0.29) is 0 Å². The van der Waals surface area contributed by atoms with Crippen molar-refractivity contribution in [1.29, 1.82) is 0 Å². The summed E-state index contributed by atoms with van der Waals surface area (Å²) < 4.78 is 0. The smallest absolute Gasteiger partial charge is 0.0172 e. The highest BCUT2D eigenvalue weighted by atomic mass is 79.9. The van der Waals surface area contributed by atoms with Gasteiger partial charge in [-0.2, -0.15) is 0 Å². The molecule has 3 atom stereocenters. The van der Waals surface area contributed by atoms with Crippen molar-refractivity contribution in [1.82, 2.24) is 5.32 Å². The Balaban J connectivity index is 3.82. The summed E-state index contributed by atoms with van der Waals surface area (Å²) in [4.78, 5) is 0.494. The van der Waals surface area contributed by atoms with Crippen molar-refractivity contribution in [2.45, 2.75) is 57.3 Å². The molecule has 0 amide bonds. The first kappa shape index (κ1) is 15.4. The van der Waals surface area contributed by atoms with Crippen molar-refractivity contribution in [3.8, 4) is 0 Å². The molecule has 3 unspecified atom stereocenters. The summed E-state index contributed by atoms with van der Waals surface area (Å²) in [5.74, 6) is 0.543. The fourth-order valence-corrected chi connectivity index (χ4v) is 2.35. The van der Waals surface area contributed by atoms with Gasteiger partial charge in [-0.1, -0.05) is 49.5 Å². The molecule has 0 saturated carbocycles. The largest absolute Gasteiger partial charge is 0.327 e. The molecule has 2 nitrogen and oxygen atoms in total. The molecule has 0 aromatic heterocycles. The van der Waals surface area contributed by atoms with E-state index >= 15 is 0 Å². The van der Waals surface area contributed by atoms with Crippen molar-refractivity contribution >= 4 is 15.9 Å². The van der Waals surface area contributed by atoms with E-state index in [4.69, 9.17) is 5.73 Å². The molecule has 0 spiro atoms. The molecule has 0 bridgehead atoms. The third-order valence-electron chi connectivity index (χ3n) is 2.85. The summed E-state index contributed by atoms with van der Waals surface area (Å²) in [5, 5.41) is 3.50. The van der Waals surface area contributed by atoms with Gasteiger partial charge in [0.25, 0.3) is 0 Å². The predicted octanol–water partition coefficient (Wildman–Crippen LogP) is 2.90. The molecule has 0 heterocycles. The highest BCUT2D eigenvalue weighted by Crippen LogP contribution is 2.17. The molecule has 3 heteroatoms. The van der Waals surface area contributed by atoms with Crippen LogP contribution in [0.2, 0.25) is 0 Å². The Labute approximate surface area is 104 Å². The number of unbranched alkanes of at least 4 members (excludes halogenated alkanes) is 1. The summed E-state index contributed by atoms with van der Waals surface area (Å²) in [6, 6.07) is 0.318. The van der Waals surface area contributed by atoms with Gasteiger partial charge in [0.15, 0.2) is 0 Å². The van der Waals surface area contributed by atoms with E-state index in [9.17, 15) is 0 Å². The van der Waals surface area contributed by atoms with Gasteiger partial charge in [0.05, 0.1) is 0 Å². The molecule has 0 saturated heterocycles. The number of nitrogens with two attached hydrogens (primary N) is 1. The number of nitrogens with one attached hydrogen (secondary N) is 1. The molecular formula is C12H27BrN2.